The van der Waals surface area contributed by atoms with Gasteiger partial charge in [0.05, 0.1) is 0 Å². The molecule has 2 aromatic carbocycles. The van der Waals surface area contributed by atoms with Crippen molar-refractivity contribution in [1.29, 1.82) is 0 Å². The van der Waals surface area contributed by atoms with Gasteiger partial charge in [-0.2, -0.15) is 0 Å². The second kappa shape index (κ2) is 10.6. The van der Waals surface area contributed by atoms with Gasteiger partial charge in [0.25, 0.3) is 0 Å². The van der Waals surface area contributed by atoms with E-state index in [-0.39, 0.29) is 17.8 Å². The van der Waals surface area contributed by atoms with Crippen LogP contribution in [0.3, 0.4) is 0 Å². The Balaban J connectivity index is 1.38. The van der Waals surface area contributed by atoms with Gasteiger partial charge in [0, 0.05) is 38.8 Å². The Morgan fingerprint density at radius 3 is 2.43 bits per heavy atom. The number of nitrogens with one attached hydrogen (secondary N) is 1. The molecule has 0 spiro atoms. The summed E-state index contributed by atoms with van der Waals surface area (Å²) >= 11 is 0. The molecular formula is C24H28FN3O2. The first kappa shape index (κ1) is 21.6. The number of likely N-dealkylation sites (tertiary alicyclic amines) is 1. The van der Waals surface area contributed by atoms with E-state index in [1.54, 1.807) is 17.0 Å². The van der Waals surface area contributed by atoms with Gasteiger partial charge in [-0.15, -0.1) is 0 Å². The van der Waals surface area contributed by atoms with Crippen molar-refractivity contribution in [3.8, 4) is 0 Å². The van der Waals surface area contributed by atoms with E-state index >= 15 is 0 Å². The molecule has 0 saturated carbocycles. The highest BCUT2D eigenvalue weighted by molar-refractivity contribution is 5.89. The molecule has 0 atom stereocenters. The van der Waals surface area contributed by atoms with Crippen molar-refractivity contribution in [3.63, 3.8) is 0 Å². The van der Waals surface area contributed by atoms with Crippen LogP contribution >= 0.6 is 0 Å². The zero-order chi connectivity index (χ0) is 21.3. The Morgan fingerprint density at radius 2 is 1.77 bits per heavy atom. The number of piperidine rings is 1. The van der Waals surface area contributed by atoms with Crippen LogP contribution in [0, 0.1) is 11.7 Å². The number of hydrogen-bond donors (Lipinski definition) is 1. The Bertz CT molecular complexity index is 860. The summed E-state index contributed by atoms with van der Waals surface area (Å²) in [7, 11) is 1.82. The molecule has 6 heteroatoms. The third-order valence-corrected chi connectivity index (χ3v) is 5.36. The van der Waals surface area contributed by atoms with Crippen LogP contribution in [0.15, 0.2) is 60.7 Å². The minimum Gasteiger partial charge on any atom is -0.345 e. The van der Waals surface area contributed by atoms with Crippen molar-refractivity contribution in [2.24, 2.45) is 5.92 Å². The standard InChI is InChI=1S/C24H28FN3O2/c1-27(23(29)9-5-6-19-10-12-21(25)13-11-19)18-20-14-16-28(17-15-20)24(30)26-22-7-3-2-4-8-22/h2-8,10-13,20H,9,14-18H2,1H3,(H,26,30)/b6-5+. The van der Waals surface area contributed by atoms with Gasteiger partial charge >= 0.3 is 6.03 Å². The van der Waals surface area contributed by atoms with Crippen LogP contribution in [0.25, 0.3) is 6.08 Å². The van der Waals surface area contributed by atoms with E-state index in [0.29, 0.717) is 32.0 Å². The summed E-state index contributed by atoms with van der Waals surface area (Å²) in [5, 5.41) is 2.92. The summed E-state index contributed by atoms with van der Waals surface area (Å²) in [6, 6.07) is 15.5. The Kier molecular flexibility index (Phi) is 7.60. The van der Waals surface area contributed by atoms with Crippen molar-refractivity contribution in [2.75, 3.05) is 32.0 Å². The maximum atomic E-state index is 12.9. The van der Waals surface area contributed by atoms with Gasteiger partial charge in [0.15, 0.2) is 0 Å². The number of para-hydroxylation sites is 1. The molecule has 0 aromatic heterocycles. The molecule has 158 valence electrons. The predicted molar refractivity (Wildman–Crippen MR) is 117 cm³/mol. The molecule has 1 aliphatic rings. The fraction of sp³-hybridized carbons (Fsp3) is 0.333. The van der Waals surface area contributed by atoms with Crippen LogP contribution in [0.4, 0.5) is 14.9 Å². The summed E-state index contributed by atoms with van der Waals surface area (Å²) in [5.74, 6) is 0.171. The second-order valence-corrected chi connectivity index (χ2v) is 7.66. The van der Waals surface area contributed by atoms with Crippen molar-refractivity contribution in [1.82, 2.24) is 9.80 Å². The molecule has 1 heterocycles. The molecule has 2 aromatic rings. The predicted octanol–water partition coefficient (Wildman–Crippen LogP) is 4.63. The maximum Gasteiger partial charge on any atom is 0.321 e. The monoisotopic (exact) mass is 409 g/mol. The number of hydrogen-bond acceptors (Lipinski definition) is 2. The number of benzene rings is 2. The van der Waals surface area contributed by atoms with Gasteiger partial charge in [-0.3, -0.25) is 4.79 Å². The minimum atomic E-state index is -0.272. The topological polar surface area (TPSA) is 52.6 Å². The molecule has 1 fully saturated rings. The second-order valence-electron chi connectivity index (χ2n) is 7.66. The summed E-state index contributed by atoms with van der Waals surface area (Å²) in [4.78, 5) is 28.4. The van der Waals surface area contributed by atoms with Gasteiger partial charge in [-0.25, -0.2) is 9.18 Å². The molecule has 0 bridgehead atoms. The van der Waals surface area contributed by atoms with Gasteiger partial charge < -0.3 is 15.1 Å². The molecule has 30 heavy (non-hydrogen) atoms. The van der Waals surface area contributed by atoms with Gasteiger partial charge in [-0.1, -0.05) is 42.5 Å². The zero-order valence-corrected chi connectivity index (χ0v) is 17.3. The smallest absolute Gasteiger partial charge is 0.321 e. The lowest BCUT2D eigenvalue weighted by Gasteiger charge is -2.33. The fourth-order valence-electron chi connectivity index (χ4n) is 3.56. The maximum absolute atomic E-state index is 12.9. The van der Waals surface area contributed by atoms with E-state index in [9.17, 15) is 14.0 Å². The number of halogens is 1. The number of nitrogens with zero attached hydrogens (tertiary/aromatic N) is 2. The third kappa shape index (κ3) is 6.44. The molecular weight excluding hydrogens is 381 g/mol. The Morgan fingerprint density at radius 1 is 1.10 bits per heavy atom. The lowest BCUT2D eigenvalue weighted by Crippen LogP contribution is -2.43. The van der Waals surface area contributed by atoms with Gasteiger partial charge in [0.2, 0.25) is 5.91 Å². The average Bonchev–Trinajstić information content (AvgIpc) is 2.76. The van der Waals surface area contributed by atoms with E-state index in [0.717, 1.165) is 24.1 Å². The molecule has 1 N–H and O–H groups in total. The lowest BCUT2D eigenvalue weighted by molar-refractivity contribution is -0.129. The highest BCUT2D eigenvalue weighted by Gasteiger charge is 2.24. The number of carbonyl (C=O) groups is 2. The molecule has 1 saturated heterocycles. The van der Waals surface area contributed by atoms with E-state index in [1.807, 2.05) is 54.4 Å². The quantitative estimate of drug-likeness (QED) is 0.756. The van der Waals surface area contributed by atoms with E-state index in [1.165, 1.54) is 12.1 Å². The average molecular weight is 410 g/mol. The number of carbonyl (C=O) groups excluding carboxylic acids is 2. The number of amides is 3. The van der Waals surface area contributed by atoms with Crippen LogP contribution in [-0.2, 0) is 4.79 Å². The number of rotatable bonds is 6. The normalized spacial score (nSPS) is 14.7. The summed E-state index contributed by atoms with van der Waals surface area (Å²) in [6.07, 6.45) is 5.71. The molecule has 0 aliphatic carbocycles. The number of anilines is 1. The summed E-state index contributed by atoms with van der Waals surface area (Å²) < 4.78 is 12.9. The minimum absolute atomic E-state index is 0.0533. The highest BCUT2D eigenvalue weighted by atomic mass is 19.1. The van der Waals surface area contributed by atoms with E-state index in [4.69, 9.17) is 0 Å². The van der Waals surface area contributed by atoms with E-state index in [2.05, 4.69) is 5.32 Å². The van der Waals surface area contributed by atoms with Gasteiger partial charge in [-0.05, 0) is 48.6 Å². The van der Waals surface area contributed by atoms with Crippen molar-refractivity contribution in [3.05, 3.63) is 72.1 Å². The number of urea groups is 1. The Hall–Kier alpha value is -3.15. The lowest BCUT2D eigenvalue weighted by atomic mass is 9.96. The highest BCUT2D eigenvalue weighted by Crippen LogP contribution is 2.19. The van der Waals surface area contributed by atoms with Crippen molar-refractivity contribution in [2.45, 2.75) is 19.3 Å². The molecule has 3 amide bonds. The molecule has 1 aliphatic heterocycles. The van der Waals surface area contributed by atoms with Crippen LogP contribution in [-0.4, -0.2) is 48.4 Å². The molecule has 0 unspecified atom stereocenters. The molecule has 3 rings (SSSR count). The largest absolute Gasteiger partial charge is 0.345 e. The van der Waals surface area contributed by atoms with E-state index < -0.39 is 0 Å². The van der Waals surface area contributed by atoms with Gasteiger partial charge in [0.1, 0.15) is 5.82 Å². The van der Waals surface area contributed by atoms with Crippen LogP contribution in [0.2, 0.25) is 0 Å². The summed E-state index contributed by atoms with van der Waals surface area (Å²) in [6.45, 7) is 2.07. The zero-order valence-electron chi connectivity index (χ0n) is 17.3. The first-order valence-electron chi connectivity index (χ1n) is 10.3. The van der Waals surface area contributed by atoms with Crippen molar-refractivity contribution < 1.29 is 14.0 Å². The molecule has 5 nitrogen and oxygen atoms in total. The van der Waals surface area contributed by atoms with Crippen molar-refractivity contribution >= 4 is 23.7 Å². The molecule has 0 radical (unpaired) electrons. The first-order chi connectivity index (χ1) is 14.5. The Labute approximate surface area is 177 Å². The summed E-state index contributed by atoms with van der Waals surface area (Å²) in [5.41, 5.74) is 1.66. The fourth-order valence-corrected chi connectivity index (χ4v) is 3.56. The van der Waals surface area contributed by atoms with Crippen LogP contribution in [0.5, 0.6) is 0 Å². The van der Waals surface area contributed by atoms with Crippen LogP contribution < -0.4 is 5.32 Å². The van der Waals surface area contributed by atoms with Crippen LogP contribution in [0.1, 0.15) is 24.8 Å². The third-order valence-electron chi connectivity index (χ3n) is 5.36. The SMILES string of the molecule is CN(CC1CCN(C(=O)Nc2ccccc2)CC1)C(=O)C/C=C/c1ccc(F)cc1. The first-order valence-corrected chi connectivity index (χ1v) is 10.3.